The maximum absolute atomic E-state index is 5.68. The second kappa shape index (κ2) is 3.26. The van der Waals surface area contributed by atoms with Gasteiger partial charge >= 0.3 is 6.08 Å². The normalized spacial score (nSPS) is 26.6. The van der Waals surface area contributed by atoms with Crippen molar-refractivity contribution >= 4 is 6.08 Å². The minimum Gasteiger partial charge on any atom is -0.451 e. The molecule has 0 aromatic heterocycles. The highest BCUT2D eigenvalue weighted by atomic mass is 16.7. The summed E-state index contributed by atoms with van der Waals surface area (Å²) < 4.78 is 11.0. The van der Waals surface area contributed by atoms with Gasteiger partial charge in [-0.1, -0.05) is 24.3 Å². The Balaban J connectivity index is 1.87. The number of benzene rings is 1. The lowest BCUT2D eigenvalue weighted by molar-refractivity contribution is 0.135. The third-order valence-corrected chi connectivity index (χ3v) is 2.91. The quantitative estimate of drug-likeness (QED) is 0.699. The van der Waals surface area contributed by atoms with Crippen molar-refractivity contribution in [3.05, 3.63) is 35.4 Å². The molecule has 1 aliphatic carbocycles. The highest BCUT2D eigenvalue weighted by Crippen LogP contribution is 2.39. The van der Waals surface area contributed by atoms with Crippen LogP contribution in [0.15, 0.2) is 29.3 Å². The van der Waals surface area contributed by atoms with Gasteiger partial charge in [0.25, 0.3) is 0 Å². The van der Waals surface area contributed by atoms with Crippen LogP contribution >= 0.6 is 0 Å². The van der Waals surface area contributed by atoms with E-state index in [1.165, 1.54) is 11.1 Å². The summed E-state index contributed by atoms with van der Waals surface area (Å²) in [6, 6.07) is 8.59. The number of hydrogen-bond acceptors (Lipinski definition) is 3. The predicted octanol–water partition coefficient (Wildman–Crippen LogP) is 2.08. The van der Waals surface area contributed by atoms with Crippen molar-refractivity contribution in [2.75, 3.05) is 6.61 Å². The summed E-state index contributed by atoms with van der Waals surface area (Å²) in [7, 11) is 0. The first-order chi connectivity index (χ1) is 7.38. The van der Waals surface area contributed by atoms with E-state index in [9.17, 15) is 0 Å². The lowest BCUT2D eigenvalue weighted by atomic mass is 10.1. The Bertz CT molecular complexity index is 414. The number of nitrogens with zero attached hydrogens (tertiary/aromatic N) is 1. The standard InChI is InChI=1S/C12H13NO2/c1-2-14-12-13-10-7-8-5-3-4-6-9(8)11(10)15-12/h3-6,10-11H,2,7H2,1H3/t10-,11+/m1/s1. The van der Waals surface area contributed by atoms with Crippen LogP contribution in [0.1, 0.15) is 24.2 Å². The third-order valence-electron chi connectivity index (χ3n) is 2.91. The molecule has 3 nitrogen and oxygen atoms in total. The van der Waals surface area contributed by atoms with E-state index in [1.54, 1.807) is 0 Å². The number of aliphatic imine (C=N–C) groups is 1. The summed E-state index contributed by atoms with van der Waals surface area (Å²) in [6.07, 6.45) is 1.52. The molecule has 0 bridgehead atoms. The number of ether oxygens (including phenoxy) is 2. The van der Waals surface area contributed by atoms with Crippen LogP contribution in [-0.4, -0.2) is 18.7 Å². The maximum Gasteiger partial charge on any atom is 0.384 e. The van der Waals surface area contributed by atoms with Crippen LogP contribution in [0, 0.1) is 0 Å². The third kappa shape index (κ3) is 1.30. The fraction of sp³-hybridized carbons (Fsp3) is 0.417. The summed E-state index contributed by atoms with van der Waals surface area (Å²) in [6.45, 7) is 2.55. The van der Waals surface area contributed by atoms with Gasteiger partial charge in [0.2, 0.25) is 0 Å². The van der Waals surface area contributed by atoms with Gasteiger partial charge in [-0.15, -0.1) is 0 Å². The molecule has 0 saturated carbocycles. The van der Waals surface area contributed by atoms with Gasteiger partial charge in [-0.25, -0.2) is 4.99 Å². The monoisotopic (exact) mass is 203 g/mol. The van der Waals surface area contributed by atoms with Crippen LogP contribution in [0.3, 0.4) is 0 Å². The van der Waals surface area contributed by atoms with Crippen molar-refractivity contribution in [1.82, 2.24) is 0 Å². The summed E-state index contributed by atoms with van der Waals surface area (Å²) in [5.74, 6) is 0. The highest BCUT2D eigenvalue weighted by molar-refractivity contribution is 5.70. The van der Waals surface area contributed by atoms with Crippen LogP contribution < -0.4 is 0 Å². The van der Waals surface area contributed by atoms with E-state index >= 15 is 0 Å². The maximum atomic E-state index is 5.68. The Labute approximate surface area is 88.7 Å². The minimum atomic E-state index is 0.0859. The van der Waals surface area contributed by atoms with Crippen molar-refractivity contribution in [2.24, 2.45) is 4.99 Å². The molecule has 2 atom stereocenters. The molecule has 3 rings (SSSR count). The average Bonchev–Trinajstić information content (AvgIpc) is 2.75. The second-order valence-corrected chi connectivity index (χ2v) is 3.84. The van der Waals surface area contributed by atoms with Crippen LogP contribution in [0.25, 0.3) is 0 Å². The molecule has 2 aliphatic rings. The van der Waals surface area contributed by atoms with Crippen LogP contribution in [0.4, 0.5) is 0 Å². The lowest BCUT2D eigenvalue weighted by Gasteiger charge is -2.10. The van der Waals surface area contributed by atoms with Gasteiger partial charge in [-0.3, -0.25) is 0 Å². The van der Waals surface area contributed by atoms with Crippen molar-refractivity contribution < 1.29 is 9.47 Å². The van der Waals surface area contributed by atoms with Gasteiger partial charge in [0.1, 0.15) is 6.04 Å². The molecule has 0 spiro atoms. The van der Waals surface area contributed by atoms with E-state index in [-0.39, 0.29) is 12.1 Å². The van der Waals surface area contributed by atoms with Crippen LogP contribution in [0.5, 0.6) is 0 Å². The van der Waals surface area contributed by atoms with E-state index in [4.69, 9.17) is 9.47 Å². The predicted molar refractivity (Wildman–Crippen MR) is 56.8 cm³/mol. The molecule has 0 amide bonds. The minimum absolute atomic E-state index is 0.0859. The molecule has 1 aromatic carbocycles. The van der Waals surface area contributed by atoms with E-state index < -0.39 is 0 Å². The summed E-state index contributed by atoms with van der Waals surface area (Å²) in [5, 5.41) is 0. The van der Waals surface area contributed by atoms with Gasteiger partial charge in [-0.2, -0.15) is 0 Å². The topological polar surface area (TPSA) is 30.8 Å². The van der Waals surface area contributed by atoms with Crippen molar-refractivity contribution in [1.29, 1.82) is 0 Å². The van der Waals surface area contributed by atoms with Crippen molar-refractivity contribution in [3.63, 3.8) is 0 Å². The number of hydrogen-bond donors (Lipinski definition) is 0. The Morgan fingerprint density at radius 1 is 1.47 bits per heavy atom. The molecule has 0 N–H and O–H groups in total. The molecule has 0 saturated heterocycles. The summed E-state index contributed by atoms with van der Waals surface area (Å²) in [4.78, 5) is 4.43. The molecule has 1 aromatic rings. The van der Waals surface area contributed by atoms with E-state index in [2.05, 4.69) is 23.2 Å². The fourth-order valence-corrected chi connectivity index (χ4v) is 2.26. The Hall–Kier alpha value is -1.51. The summed E-state index contributed by atoms with van der Waals surface area (Å²) >= 11 is 0. The van der Waals surface area contributed by atoms with Gasteiger partial charge in [0.05, 0.1) is 6.61 Å². The average molecular weight is 203 g/mol. The smallest absolute Gasteiger partial charge is 0.384 e. The van der Waals surface area contributed by atoms with Gasteiger partial charge in [0.15, 0.2) is 6.10 Å². The zero-order valence-corrected chi connectivity index (χ0v) is 8.64. The summed E-state index contributed by atoms with van der Waals surface area (Å²) in [5.41, 5.74) is 2.62. The molecule has 15 heavy (non-hydrogen) atoms. The van der Waals surface area contributed by atoms with E-state index in [1.807, 2.05) is 13.0 Å². The number of rotatable bonds is 1. The van der Waals surface area contributed by atoms with E-state index in [0.717, 1.165) is 6.42 Å². The van der Waals surface area contributed by atoms with Crippen molar-refractivity contribution in [2.45, 2.75) is 25.5 Å². The van der Waals surface area contributed by atoms with Crippen LogP contribution in [-0.2, 0) is 15.9 Å². The molecule has 78 valence electrons. The molecule has 0 unspecified atom stereocenters. The fourth-order valence-electron chi connectivity index (χ4n) is 2.26. The first-order valence-corrected chi connectivity index (χ1v) is 5.33. The molecular formula is C12H13NO2. The van der Waals surface area contributed by atoms with Crippen LogP contribution in [0.2, 0.25) is 0 Å². The highest BCUT2D eigenvalue weighted by Gasteiger charge is 2.39. The second-order valence-electron chi connectivity index (χ2n) is 3.84. The first-order valence-electron chi connectivity index (χ1n) is 5.33. The molecule has 1 aliphatic heterocycles. The van der Waals surface area contributed by atoms with E-state index in [0.29, 0.717) is 12.7 Å². The molecule has 0 fully saturated rings. The van der Waals surface area contributed by atoms with Gasteiger partial charge in [-0.05, 0) is 24.5 Å². The largest absolute Gasteiger partial charge is 0.451 e. The number of fused-ring (bicyclic) bond motifs is 3. The zero-order chi connectivity index (χ0) is 10.3. The molecular weight excluding hydrogens is 190 g/mol. The first kappa shape index (κ1) is 8.77. The van der Waals surface area contributed by atoms with Gasteiger partial charge in [0, 0.05) is 0 Å². The zero-order valence-electron chi connectivity index (χ0n) is 8.64. The lowest BCUT2D eigenvalue weighted by Crippen LogP contribution is -2.09. The van der Waals surface area contributed by atoms with Crippen molar-refractivity contribution in [3.8, 4) is 0 Å². The Morgan fingerprint density at radius 2 is 2.33 bits per heavy atom. The molecule has 0 radical (unpaired) electrons. The van der Waals surface area contributed by atoms with Gasteiger partial charge < -0.3 is 9.47 Å². The molecule has 1 heterocycles. The SMILES string of the molecule is CCOC1=N[C@@H]2Cc3ccccc3[C@@H]2O1. The molecule has 3 heteroatoms. The Kier molecular flexibility index (Phi) is 1.91. The Morgan fingerprint density at radius 3 is 3.20 bits per heavy atom.